The summed E-state index contributed by atoms with van der Waals surface area (Å²) in [4.78, 5) is 8.63. The molecule has 4 rings (SSSR count). The van der Waals surface area contributed by atoms with Gasteiger partial charge in [0.2, 0.25) is 0 Å². The number of rotatable bonds is 4. The van der Waals surface area contributed by atoms with Crippen molar-refractivity contribution in [3.05, 3.63) is 71.4 Å². The highest BCUT2D eigenvalue weighted by molar-refractivity contribution is 6.31. The summed E-state index contributed by atoms with van der Waals surface area (Å²) >= 11 is 5.99. The van der Waals surface area contributed by atoms with Crippen LogP contribution in [0.25, 0.3) is 22.3 Å². The van der Waals surface area contributed by atoms with E-state index in [-0.39, 0.29) is 5.75 Å². The van der Waals surface area contributed by atoms with E-state index in [0.29, 0.717) is 34.5 Å². The third-order valence-electron chi connectivity index (χ3n) is 3.96. The summed E-state index contributed by atoms with van der Waals surface area (Å²) < 4.78 is 28.6. The Labute approximate surface area is 155 Å². The number of ether oxygens (including phenoxy) is 1. The molecule has 0 bridgehead atoms. The zero-order valence-corrected chi connectivity index (χ0v) is 14.5. The maximum atomic E-state index is 13.9. The Morgan fingerprint density at radius 1 is 1.19 bits per heavy atom. The van der Waals surface area contributed by atoms with Crippen molar-refractivity contribution in [2.75, 3.05) is 7.11 Å². The van der Waals surface area contributed by atoms with E-state index in [0.717, 1.165) is 10.9 Å². The fraction of sp³-hybridized carbons (Fsp3) is 0.105. The Balaban J connectivity index is 1.61. The fourth-order valence-corrected chi connectivity index (χ4v) is 2.85. The van der Waals surface area contributed by atoms with Gasteiger partial charge in [0.05, 0.1) is 26.7 Å². The molecular formula is C19H14ClFN4O. The Morgan fingerprint density at radius 2 is 2.00 bits per heavy atom. The molecule has 0 saturated heterocycles. The van der Waals surface area contributed by atoms with Crippen molar-refractivity contribution in [2.24, 2.45) is 0 Å². The molecular weight excluding hydrogens is 355 g/mol. The Bertz CT molecular complexity index is 1130. The molecule has 0 radical (unpaired) electrons. The smallest absolute Gasteiger partial charge is 0.165 e. The van der Waals surface area contributed by atoms with Crippen LogP contribution >= 0.6 is 11.6 Å². The molecule has 0 aliphatic rings. The largest absolute Gasteiger partial charge is 0.494 e. The number of hydrogen-bond acceptors (Lipinski definition) is 4. The predicted octanol–water partition coefficient (Wildman–Crippen LogP) is 4.34. The molecule has 0 spiro atoms. The molecule has 5 nitrogen and oxygen atoms in total. The quantitative estimate of drug-likeness (QED) is 0.537. The fourth-order valence-electron chi connectivity index (χ4n) is 2.67. The first kappa shape index (κ1) is 15.3. The van der Waals surface area contributed by atoms with E-state index in [1.165, 1.54) is 13.2 Å². The van der Waals surface area contributed by atoms with Crippen molar-refractivity contribution in [1.29, 1.82) is 0 Å². The predicted molar refractivity (Wildman–Crippen MR) is 97.8 cm³/mol. The van der Waals surface area contributed by atoms with E-state index in [2.05, 4.69) is 15.1 Å². The second kappa shape index (κ2) is 6.72. The van der Waals surface area contributed by atoms with Crippen LogP contribution in [0, 0.1) is 5.82 Å². The van der Waals surface area contributed by atoms with Gasteiger partial charge in [0.1, 0.15) is 0 Å². The van der Waals surface area contributed by atoms with E-state index < -0.39 is 5.82 Å². The average Bonchev–Trinajstić information content (AvgIpc) is 3.05. The maximum Gasteiger partial charge on any atom is 0.165 e. The summed E-state index contributed by atoms with van der Waals surface area (Å²) in [5.74, 6) is 0.123. The van der Waals surface area contributed by atoms with Crippen LogP contribution in [0.15, 0.2) is 55.0 Å². The van der Waals surface area contributed by atoms with Gasteiger partial charge in [0, 0.05) is 33.9 Å². The molecule has 0 saturated carbocycles. The minimum absolute atomic E-state index is 0.173. The van der Waals surface area contributed by atoms with Gasteiger partial charge in [-0.2, -0.15) is 5.10 Å². The van der Waals surface area contributed by atoms with Gasteiger partial charge in [0.15, 0.2) is 17.4 Å². The molecule has 0 fully saturated rings. The summed E-state index contributed by atoms with van der Waals surface area (Å²) in [6.45, 7) is 0.411. The van der Waals surface area contributed by atoms with Crippen molar-refractivity contribution in [3.63, 3.8) is 0 Å². The molecule has 2 aromatic carbocycles. The lowest BCUT2D eigenvalue weighted by atomic mass is 10.2. The molecule has 0 unspecified atom stereocenters. The highest BCUT2D eigenvalue weighted by Gasteiger charge is 2.09. The van der Waals surface area contributed by atoms with Crippen LogP contribution < -0.4 is 4.74 Å². The van der Waals surface area contributed by atoms with Crippen LogP contribution in [0.4, 0.5) is 4.39 Å². The first-order valence-corrected chi connectivity index (χ1v) is 8.19. The number of fused-ring (bicyclic) bond motifs is 1. The Kier molecular flexibility index (Phi) is 3.95. The molecule has 4 aromatic rings. The molecule has 2 aromatic heterocycles. The summed E-state index contributed by atoms with van der Waals surface area (Å²) in [6, 6.07) is 8.25. The van der Waals surface area contributed by atoms with Gasteiger partial charge < -0.3 is 4.74 Å². The Hall–Kier alpha value is -2.99. The molecule has 7 heteroatoms. The number of aromatic nitrogens is 4. The highest BCUT2D eigenvalue weighted by Crippen LogP contribution is 2.23. The zero-order chi connectivity index (χ0) is 19.0. The van der Waals surface area contributed by atoms with Crippen LogP contribution in [-0.2, 0) is 6.54 Å². The maximum absolute atomic E-state index is 13.9. The van der Waals surface area contributed by atoms with E-state index in [9.17, 15) is 4.39 Å². The van der Waals surface area contributed by atoms with Gasteiger partial charge in [-0.1, -0.05) is 11.6 Å². The van der Waals surface area contributed by atoms with Crippen molar-refractivity contribution in [1.82, 2.24) is 19.7 Å². The molecule has 0 N–H and O–H groups in total. The van der Waals surface area contributed by atoms with Crippen molar-refractivity contribution >= 4 is 22.5 Å². The second-order valence-electron chi connectivity index (χ2n) is 5.69. The van der Waals surface area contributed by atoms with Gasteiger partial charge in [-0.3, -0.25) is 4.68 Å². The lowest BCUT2D eigenvalue weighted by Crippen LogP contribution is -2.03. The monoisotopic (exact) mass is 369 g/mol. The Morgan fingerprint density at radius 3 is 2.73 bits per heavy atom. The molecule has 0 aliphatic carbocycles. The van der Waals surface area contributed by atoms with Gasteiger partial charge in [-0.05, 0) is 36.4 Å². The summed E-state index contributed by atoms with van der Waals surface area (Å²) in [7, 11) is 1.42. The highest BCUT2D eigenvalue weighted by atomic mass is 35.5. The summed E-state index contributed by atoms with van der Waals surface area (Å²) in [5, 5.41) is 5.63. The number of nitrogens with zero attached hydrogens (tertiary/aromatic N) is 4. The molecule has 2 heterocycles. The topological polar surface area (TPSA) is 52.8 Å². The first-order valence-electron chi connectivity index (χ1n) is 8.31. The molecule has 130 valence electrons. The third kappa shape index (κ3) is 3.11. The van der Waals surface area contributed by atoms with E-state index in [1.54, 1.807) is 47.5 Å². The first-order chi connectivity index (χ1) is 13.0. The van der Waals surface area contributed by atoms with E-state index in [1.807, 2.05) is 0 Å². The summed E-state index contributed by atoms with van der Waals surface area (Å²) in [6.07, 6.45) is 5.00. The van der Waals surface area contributed by atoms with E-state index >= 15 is 0 Å². The lowest BCUT2D eigenvalue weighted by Gasteiger charge is -2.06. The third-order valence-corrected chi connectivity index (χ3v) is 4.17. The van der Waals surface area contributed by atoms with Gasteiger partial charge >= 0.3 is 0 Å². The van der Waals surface area contributed by atoms with Crippen LogP contribution in [-0.4, -0.2) is 26.9 Å². The van der Waals surface area contributed by atoms with Crippen LogP contribution in [0.2, 0.25) is 5.02 Å². The van der Waals surface area contributed by atoms with Crippen LogP contribution in [0.5, 0.6) is 5.75 Å². The molecule has 0 aliphatic heterocycles. The van der Waals surface area contributed by atoms with Gasteiger partial charge in [-0.25, -0.2) is 14.4 Å². The molecule has 0 atom stereocenters. The SMILES string of the molecule is [2H]c1cc(Cl)cc2cnn(Cc3cnc(-c4ccc(OC)c(F)c4)nc3)c12. The lowest BCUT2D eigenvalue weighted by molar-refractivity contribution is 0.386. The van der Waals surface area contributed by atoms with Gasteiger partial charge in [-0.15, -0.1) is 0 Å². The van der Waals surface area contributed by atoms with Crippen molar-refractivity contribution in [3.8, 4) is 17.1 Å². The van der Waals surface area contributed by atoms with E-state index in [4.69, 9.17) is 17.7 Å². The number of halogens is 2. The van der Waals surface area contributed by atoms with Crippen molar-refractivity contribution in [2.45, 2.75) is 6.54 Å². The average molecular weight is 370 g/mol. The minimum Gasteiger partial charge on any atom is -0.494 e. The van der Waals surface area contributed by atoms with Crippen LogP contribution in [0.3, 0.4) is 0 Å². The molecule has 0 amide bonds. The second-order valence-corrected chi connectivity index (χ2v) is 6.12. The standard InChI is InChI=1S/C19H14ClFN4O/c1-26-18-5-2-13(7-16(18)21)19-22-8-12(9-23-19)11-25-17-4-3-15(20)6-14(17)10-24-25/h2-10H,11H2,1H3/i4D. The van der Waals surface area contributed by atoms with Gasteiger partial charge in [0.25, 0.3) is 0 Å². The number of benzene rings is 2. The number of hydrogen-bond donors (Lipinski definition) is 0. The normalized spacial score (nSPS) is 11.6. The molecule has 26 heavy (non-hydrogen) atoms. The van der Waals surface area contributed by atoms with Crippen molar-refractivity contribution < 1.29 is 10.5 Å². The number of methoxy groups -OCH3 is 1. The van der Waals surface area contributed by atoms with Crippen LogP contribution in [0.1, 0.15) is 6.93 Å². The minimum atomic E-state index is -0.465. The summed E-state index contributed by atoms with van der Waals surface area (Å²) in [5.41, 5.74) is 2.07. The zero-order valence-electron chi connectivity index (χ0n) is 14.8.